The highest BCUT2D eigenvalue weighted by atomic mass is 16.2. The van der Waals surface area contributed by atoms with E-state index in [1.54, 1.807) is 18.5 Å². The SMILES string of the molecule is CCCC(CN)C(=O)N1CCN(c2ncccn2)CC1. The highest BCUT2D eigenvalue weighted by Gasteiger charge is 2.26. The van der Waals surface area contributed by atoms with E-state index >= 15 is 0 Å². The summed E-state index contributed by atoms with van der Waals surface area (Å²) in [6.45, 7) is 5.52. The number of rotatable bonds is 5. The van der Waals surface area contributed by atoms with Crippen LogP contribution < -0.4 is 10.6 Å². The van der Waals surface area contributed by atoms with E-state index in [0.29, 0.717) is 6.54 Å². The first kappa shape index (κ1) is 14.7. The molecule has 0 radical (unpaired) electrons. The van der Waals surface area contributed by atoms with Gasteiger partial charge in [-0.1, -0.05) is 13.3 Å². The molecule has 1 aliphatic rings. The zero-order valence-electron chi connectivity index (χ0n) is 12.0. The van der Waals surface area contributed by atoms with Gasteiger partial charge < -0.3 is 15.5 Å². The molecular formula is C14H23N5O. The Balaban J connectivity index is 1.89. The van der Waals surface area contributed by atoms with Gasteiger partial charge in [0.2, 0.25) is 11.9 Å². The van der Waals surface area contributed by atoms with Crippen molar-refractivity contribution in [3.8, 4) is 0 Å². The molecule has 1 fully saturated rings. The smallest absolute Gasteiger partial charge is 0.227 e. The highest BCUT2D eigenvalue weighted by Crippen LogP contribution is 2.14. The fraction of sp³-hybridized carbons (Fsp3) is 0.643. The van der Waals surface area contributed by atoms with Gasteiger partial charge in [0.15, 0.2) is 0 Å². The third kappa shape index (κ3) is 3.45. The van der Waals surface area contributed by atoms with Gasteiger partial charge in [0.05, 0.1) is 5.92 Å². The van der Waals surface area contributed by atoms with Crippen LogP contribution in [0.15, 0.2) is 18.5 Å². The average molecular weight is 277 g/mol. The van der Waals surface area contributed by atoms with Gasteiger partial charge in [-0.05, 0) is 12.5 Å². The molecule has 2 rings (SSSR count). The van der Waals surface area contributed by atoms with Crippen LogP contribution in [0.4, 0.5) is 5.95 Å². The monoisotopic (exact) mass is 277 g/mol. The molecule has 1 saturated heterocycles. The molecule has 2 N–H and O–H groups in total. The second kappa shape index (κ2) is 7.19. The summed E-state index contributed by atoms with van der Waals surface area (Å²) in [5.41, 5.74) is 5.71. The molecule has 1 aliphatic heterocycles. The number of hydrogen-bond acceptors (Lipinski definition) is 5. The summed E-state index contributed by atoms with van der Waals surface area (Å²) >= 11 is 0. The number of carbonyl (C=O) groups excluding carboxylic acids is 1. The molecule has 110 valence electrons. The van der Waals surface area contributed by atoms with Crippen LogP contribution in [-0.4, -0.2) is 53.5 Å². The number of aromatic nitrogens is 2. The molecular weight excluding hydrogens is 254 g/mol. The van der Waals surface area contributed by atoms with Gasteiger partial charge in [-0.25, -0.2) is 9.97 Å². The van der Waals surface area contributed by atoms with Crippen molar-refractivity contribution in [2.45, 2.75) is 19.8 Å². The van der Waals surface area contributed by atoms with Gasteiger partial charge in [0.25, 0.3) is 0 Å². The van der Waals surface area contributed by atoms with E-state index in [9.17, 15) is 4.79 Å². The molecule has 0 aromatic carbocycles. The fourth-order valence-corrected chi connectivity index (χ4v) is 2.53. The Morgan fingerprint density at radius 3 is 2.50 bits per heavy atom. The number of nitrogens with zero attached hydrogens (tertiary/aromatic N) is 4. The molecule has 1 aromatic heterocycles. The molecule has 6 nitrogen and oxygen atoms in total. The highest BCUT2D eigenvalue weighted by molar-refractivity contribution is 5.79. The fourth-order valence-electron chi connectivity index (χ4n) is 2.53. The predicted molar refractivity (Wildman–Crippen MR) is 78.3 cm³/mol. The summed E-state index contributed by atoms with van der Waals surface area (Å²) in [6, 6.07) is 1.81. The molecule has 20 heavy (non-hydrogen) atoms. The zero-order chi connectivity index (χ0) is 14.4. The Bertz CT molecular complexity index is 417. The van der Waals surface area contributed by atoms with Crippen LogP contribution in [0.3, 0.4) is 0 Å². The second-order valence-corrected chi connectivity index (χ2v) is 5.08. The normalized spacial score (nSPS) is 17.1. The third-order valence-electron chi connectivity index (χ3n) is 3.70. The first-order valence-electron chi connectivity index (χ1n) is 7.27. The second-order valence-electron chi connectivity index (χ2n) is 5.08. The van der Waals surface area contributed by atoms with E-state index in [2.05, 4.69) is 21.8 Å². The van der Waals surface area contributed by atoms with E-state index in [0.717, 1.165) is 45.0 Å². The Kier molecular flexibility index (Phi) is 5.29. The van der Waals surface area contributed by atoms with E-state index in [4.69, 9.17) is 5.73 Å². The number of nitrogens with two attached hydrogens (primary N) is 1. The van der Waals surface area contributed by atoms with Gasteiger partial charge in [-0.2, -0.15) is 0 Å². The summed E-state index contributed by atoms with van der Waals surface area (Å²) < 4.78 is 0. The molecule has 0 aliphatic carbocycles. The predicted octanol–water partition coefficient (Wildman–Crippen LogP) is 0.500. The minimum absolute atomic E-state index is 0.0282. The van der Waals surface area contributed by atoms with E-state index in [1.807, 2.05) is 4.90 Å². The standard InChI is InChI=1S/C14H23N5O/c1-2-4-12(11-15)13(20)18-7-9-19(10-8-18)14-16-5-3-6-17-14/h3,5-6,12H,2,4,7-11,15H2,1H3. The van der Waals surface area contributed by atoms with Crippen LogP contribution in [0.5, 0.6) is 0 Å². The van der Waals surface area contributed by atoms with E-state index in [-0.39, 0.29) is 11.8 Å². The molecule has 1 atom stereocenters. The molecule has 1 aromatic rings. The van der Waals surface area contributed by atoms with E-state index < -0.39 is 0 Å². The number of amides is 1. The first-order valence-corrected chi connectivity index (χ1v) is 7.27. The number of carbonyl (C=O) groups is 1. The topological polar surface area (TPSA) is 75.4 Å². The molecule has 1 unspecified atom stereocenters. The summed E-state index contributed by atoms with van der Waals surface area (Å²) in [5.74, 6) is 0.908. The largest absolute Gasteiger partial charge is 0.339 e. The van der Waals surface area contributed by atoms with Crippen molar-refractivity contribution in [2.75, 3.05) is 37.6 Å². The van der Waals surface area contributed by atoms with Crippen LogP contribution in [0.2, 0.25) is 0 Å². The van der Waals surface area contributed by atoms with Crippen molar-refractivity contribution in [1.29, 1.82) is 0 Å². The number of anilines is 1. The summed E-state index contributed by atoms with van der Waals surface area (Å²) in [6.07, 6.45) is 5.35. The van der Waals surface area contributed by atoms with Crippen molar-refractivity contribution >= 4 is 11.9 Å². The lowest BCUT2D eigenvalue weighted by atomic mass is 10.0. The Labute approximate surface area is 120 Å². The molecule has 0 saturated carbocycles. The quantitative estimate of drug-likeness (QED) is 0.848. The van der Waals surface area contributed by atoms with Crippen molar-refractivity contribution in [3.63, 3.8) is 0 Å². The van der Waals surface area contributed by atoms with Gasteiger partial charge in [0.1, 0.15) is 0 Å². The van der Waals surface area contributed by atoms with Crippen molar-refractivity contribution < 1.29 is 4.79 Å². The number of hydrogen-bond donors (Lipinski definition) is 1. The average Bonchev–Trinajstić information content (AvgIpc) is 2.53. The van der Waals surface area contributed by atoms with Crippen LogP contribution in [0, 0.1) is 5.92 Å². The Morgan fingerprint density at radius 1 is 1.30 bits per heavy atom. The number of piperazine rings is 1. The molecule has 6 heteroatoms. The lowest BCUT2D eigenvalue weighted by Crippen LogP contribution is -2.51. The maximum atomic E-state index is 12.4. The van der Waals surface area contributed by atoms with Gasteiger partial charge in [-0.15, -0.1) is 0 Å². The lowest BCUT2D eigenvalue weighted by molar-refractivity contribution is -0.135. The third-order valence-corrected chi connectivity index (χ3v) is 3.70. The van der Waals surface area contributed by atoms with Crippen molar-refractivity contribution in [3.05, 3.63) is 18.5 Å². The minimum atomic E-state index is -0.0282. The minimum Gasteiger partial charge on any atom is -0.339 e. The maximum absolute atomic E-state index is 12.4. The van der Waals surface area contributed by atoms with Gasteiger partial charge in [0, 0.05) is 45.1 Å². The van der Waals surface area contributed by atoms with Crippen LogP contribution in [-0.2, 0) is 4.79 Å². The maximum Gasteiger partial charge on any atom is 0.227 e. The summed E-state index contributed by atoms with van der Waals surface area (Å²) in [4.78, 5) is 24.9. The first-order chi connectivity index (χ1) is 9.76. The zero-order valence-corrected chi connectivity index (χ0v) is 12.0. The molecule has 0 spiro atoms. The van der Waals surface area contributed by atoms with Crippen molar-refractivity contribution in [1.82, 2.24) is 14.9 Å². The Morgan fingerprint density at radius 2 is 1.95 bits per heavy atom. The van der Waals surface area contributed by atoms with Gasteiger partial charge >= 0.3 is 0 Å². The van der Waals surface area contributed by atoms with E-state index in [1.165, 1.54) is 0 Å². The van der Waals surface area contributed by atoms with Crippen molar-refractivity contribution in [2.24, 2.45) is 11.7 Å². The lowest BCUT2D eigenvalue weighted by Gasteiger charge is -2.36. The molecule has 1 amide bonds. The summed E-state index contributed by atoms with van der Waals surface area (Å²) in [7, 11) is 0. The molecule has 2 heterocycles. The van der Waals surface area contributed by atoms with Crippen LogP contribution in [0.1, 0.15) is 19.8 Å². The van der Waals surface area contributed by atoms with Crippen LogP contribution >= 0.6 is 0 Å². The van der Waals surface area contributed by atoms with Gasteiger partial charge in [-0.3, -0.25) is 4.79 Å². The van der Waals surface area contributed by atoms with Crippen LogP contribution in [0.25, 0.3) is 0 Å². The molecule has 0 bridgehead atoms. The Hall–Kier alpha value is -1.69. The summed E-state index contributed by atoms with van der Waals surface area (Å²) in [5, 5.41) is 0.